The quantitative estimate of drug-likeness (QED) is 0.452. The summed E-state index contributed by atoms with van der Waals surface area (Å²) in [5, 5.41) is 5.45. The Kier molecular flexibility index (Phi) is 5.70. The molecule has 1 fully saturated rings. The molecule has 1 saturated heterocycles. The van der Waals surface area contributed by atoms with Crippen molar-refractivity contribution in [1.82, 2.24) is 14.5 Å². The van der Waals surface area contributed by atoms with Crippen molar-refractivity contribution in [3.05, 3.63) is 77.3 Å². The van der Waals surface area contributed by atoms with Gasteiger partial charge in [-0.25, -0.2) is 14.4 Å². The topological polar surface area (TPSA) is 80.1 Å². The van der Waals surface area contributed by atoms with Crippen LogP contribution in [0.2, 0.25) is 0 Å². The van der Waals surface area contributed by atoms with Gasteiger partial charge >= 0.3 is 0 Å². The second-order valence-electron chi connectivity index (χ2n) is 8.23. The fourth-order valence-electron chi connectivity index (χ4n) is 4.10. The molecule has 172 valence electrons. The summed E-state index contributed by atoms with van der Waals surface area (Å²) in [6, 6.07) is 13.8. The number of thiazole rings is 1. The first kappa shape index (κ1) is 22.0. The molecule has 1 N–H and O–H groups in total. The van der Waals surface area contributed by atoms with Crippen LogP contribution in [0.3, 0.4) is 0 Å². The Morgan fingerprint density at radius 3 is 2.68 bits per heavy atom. The number of aromatic nitrogens is 3. The highest BCUT2D eigenvalue weighted by molar-refractivity contribution is 7.12. The van der Waals surface area contributed by atoms with Gasteiger partial charge in [0.05, 0.1) is 17.8 Å². The molecule has 5 rings (SSSR count). The zero-order valence-electron chi connectivity index (χ0n) is 18.7. The van der Waals surface area contributed by atoms with Gasteiger partial charge in [0.1, 0.15) is 17.5 Å². The van der Waals surface area contributed by atoms with E-state index in [9.17, 15) is 14.0 Å². The monoisotopic (exact) mass is 475 g/mol. The van der Waals surface area contributed by atoms with Gasteiger partial charge in [0.2, 0.25) is 11.8 Å². The van der Waals surface area contributed by atoms with E-state index >= 15 is 0 Å². The Morgan fingerprint density at radius 1 is 1.15 bits per heavy atom. The lowest BCUT2D eigenvalue weighted by Gasteiger charge is -2.19. The molecule has 2 aromatic heterocycles. The Balaban J connectivity index is 1.35. The minimum atomic E-state index is -0.471. The highest BCUT2D eigenvalue weighted by Gasteiger charge is 2.36. The molecule has 0 aliphatic carbocycles. The molecule has 9 heteroatoms. The van der Waals surface area contributed by atoms with Crippen LogP contribution in [0.25, 0.3) is 16.4 Å². The maximum atomic E-state index is 13.3. The molecule has 0 saturated carbocycles. The third kappa shape index (κ3) is 4.10. The first-order valence-corrected chi connectivity index (χ1v) is 11.7. The average molecular weight is 476 g/mol. The first-order valence-electron chi connectivity index (χ1n) is 10.8. The second kappa shape index (κ2) is 8.83. The van der Waals surface area contributed by atoms with Crippen LogP contribution in [-0.4, -0.2) is 32.9 Å². The molecule has 4 aromatic rings. The molecular weight excluding hydrogens is 453 g/mol. The van der Waals surface area contributed by atoms with E-state index in [0.29, 0.717) is 29.0 Å². The van der Waals surface area contributed by atoms with Gasteiger partial charge in [-0.15, -0.1) is 11.3 Å². The lowest BCUT2D eigenvalue weighted by Crippen LogP contribution is -2.29. The Labute approximate surface area is 199 Å². The standard InChI is InChI=1S/C25H22FN5O2S/c1-15-5-3-4-6-21(15)30-13-18(11-23(30)32)24(33)29-22-12-27-16(2)31(22)25-28-20(14-34-25)17-7-9-19(26)10-8-17/h3-10,12,14,18H,11,13H2,1-2H3,(H,29,33). The number of aryl methyl sites for hydroxylation is 2. The van der Waals surface area contributed by atoms with Gasteiger partial charge in [-0.2, -0.15) is 0 Å². The molecule has 2 amide bonds. The minimum Gasteiger partial charge on any atom is -0.311 e. The number of nitrogens with one attached hydrogen (secondary N) is 1. The third-order valence-corrected chi connectivity index (χ3v) is 6.74. The van der Waals surface area contributed by atoms with E-state index in [0.717, 1.165) is 16.8 Å². The van der Waals surface area contributed by atoms with E-state index in [1.54, 1.807) is 27.8 Å². The van der Waals surface area contributed by atoms with Crippen LogP contribution in [0.15, 0.2) is 60.1 Å². The zero-order chi connectivity index (χ0) is 23.8. The van der Waals surface area contributed by atoms with Crippen molar-refractivity contribution < 1.29 is 14.0 Å². The van der Waals surface area contributed by atoms with Crippen molar-refractivity contribution in [3.63, 3.8) is 0 Å². The Bertz CT molecular complexity index is 1380. The summed E-state index contributed by atoms with van der Waals surface area (Å²) >= 11 is 1.40. The highest BCUT2D eigenvalue weighted by atomic mass is 32.1. The van der Waals surface area contributed by atoms with Crippen LogP contribution in [0, 0.1) is 25.6 Å². The van der Waals surface area contributed by atoms with E-state index in [-0.39, 0.29) is 24.1 Å². The van der Waals surface area contributed by atoms with Crippen LogP contribution in [0.4, 0.5) is 15.9 Å². The lowest BCUT2D eigenvalue weighted by atomic mass is 10.1. The molecule has 0 spiro atoms. The molecule has 1 aliphatic rings. The fraction of sp³-hybridized carbons (Fsp3) is 0.200. The Morgan fingerprint density at radius 2 is 1.91 bits per heavy atom. The van der Waals surface area contributed by atoms with Gasteiger partial charge in [-0.3, -0.25) is 14.2 Å². The number of carbonyl (C=O) groups is 2. The molecule has 3 heterocycles. The minimum absolute atomic E-state index is 0.0667. The summed E-state index contributed by atoms with van der Waals surface area (Å²) in [6.45, 7) is 4.10. The largest absolute Gasteiger partial charge is 0.311 e. The van der Waals surface area contributed by atoms with Crippen LogP contribution in [0.1, 0.15) is 17.8 Å². The van der Waals surface area contributed by atoms with E-state index in [1.807, 2.05) is 43.5 Å². The molecular formula is C25H22FN5O2S. The maximum absolute atomic E-state index is 13.3. The molecule has 0 bridgehead atoms. The second-order valence-corrected chi connectivity index (χ2v) is 9.07. The van der Waals surface area contributed by atoms with Crippen LogP contribution >= 0.6 is 11.3 Å². The molecule has 34 heavy (non-hydrogen) atoms. The number of imidazole rings is 1. The van der Waals surface area contributed by atoms with Gasteiger partial charge < -0.3 is 10.2 Å². The summed E-state index contributed by atoms with van der Waals surface area (Å²) < 4.78 is 15.0. The number of benzene rings is 2. The van der Waals surface area contributed by atoms with Gasteiger partial charge in [-0.05, 0) is 49.7 Å². The number of hydrogen-bond donors (Lipinski definition) is 1. The predicted octanol–water partition coefficient (Wildman–Crippen LogP) is 4.74. The smallest absolute Gasteiger partial charge is 0.230 e. The maximum Gasteiger partial charge on any atom is 0.230 e. The van der Waals surface area contributed by atoms with Gasteiger partial charge in [-0.1, -0.05) is 18.2 Å². The highest BCUT2D eigenvalue weighted by Crippen LogP contribution is 2.30. The molecule has 1 atom stereocenters. The van der Waals surface area contributed by atoms with Crippen LogP contribution in [0.5, 0.6) is 0 Å². The molecule has 7 nitrogen and oxygen atoms in total. The molecule has 2 aromatic carbocycles. The van der Waals surface area contributed by atoms with Crippen molar-refractivity contribution in [3.8, 4) is 16.4 Å². The fourth-order valence-corrected chi connectivity index (χ4v) is 5.00. The van der Waals surface area contributed by atoms with Gasteiger partial charge in [0, 0.05) is 29.6 Å². The van der Waals surface area contributed by atoms with Crippen molar-refractivity contribution in [2.24, 2.45) is 5.92 Å². The van der Waals surface area contributed by atoms with Crippen molar-refractivity contribution in [1.29, 1.82) is 0 Å². The van der Waals surface area contributed by atoms with E-state index < -0.39 is 5.92 Å². The summed E-state index contributed by atoms with van der Waals surface area (Å²) in [6.07, 6.45) is 1.74. The molecule has 0 radical (unpaired) electrons. The van der Waals surface area contributed by atoms with Crippen molar-refractivity contribution in [2.45, 2.75) is 20.3 Å². The predicted molar refractivity (Wildman–Crippen MR) is 130 cm³/mol. The number of halogens is 1. The SMILES string of the molecule is Cc1ccccc1N1CC(C(=O)Nc2cnc(C)n2-c2nc(-c3ccc(F)cc3)cs2)CC1=O. The van der Waals surface area contributed by atoms with Crippen LogP contribution < -0.4 is 10.2 Å². The number of rotatable bonds is 5. The number of hydrogen-bond acceptors (Lipinski definition) is 5. The Hall–Kier alpha value is -3.85. The van der Waals surface area contributed by atoms with E-state index in [1.165, 1.54) is 23.5 Å². The van der Waals surface area contributed by atoms with Crippen LogP contribution in [-0.2, 0) is 9.59 Å². The first-order chi connectivity index (χ1) is 16.4. The molecule has 1 aliphatic heterocycles. The summed E-state index contributed by atoms with van der Waals surface area (Å²) in [5.74, 6) is 0.0791. The lowest BCUT2D eigenvalue weighted by molar-refractivity contribution is -0.122. The number of para-hydroxylation sites is 1. The van der Waals surface area contributed by atoms with Gasteiger partial charge in [0.25, 0.3) is 0 Å². The summed E-state index contributed by atoms with van der Waals surface area (Å²) in [7, 11) is 0. The third-order valence-electron chi connectivity index (χ3n) is 5.91. The zero-order valence-corrected chi connectivity index (χ0v) is 19.5. The normalized spacial score (nSPS) is 15.7. The summed E-state index contributed by atoms with van der Waals surface area (Å²) in [5.41, 5.74) is 3.33. The summed E-state index contributed by atoms with van der Waals surface area (Å²) in [4.78, 5) is 36.4. The van der Waals surface area contributed by atoms with Crippen molar-refractivity contribution in [2.75, 3.05) is 16.8 Å². The number of amides is 2. The number of nitrogens with zero attached hydrogens (tertiary/aromatic N) is 4. The number of anilines is 2. The van der Waals surface area contributed by atoms with E-state index in [4.69, 9.17) is 0 Å². The average Bonchev–Trinajstić information content (AvgIpc) is 3.54. The van der Waals surface area contributed by atoms with E-state index in [2.05, 4.69) is 15.3 Å². The van der Waals surface area contributed by atoms with Crippen molar-refractivity contribution >= 4 is 34.7 Å². The molecule has 1 unspecified atom stereocenters. The number of carbonyl (C=O) groups excluding carboxylic acids is 2. The van der Waals surface area contributed by atoms with Gasteiger partial charge in [0.15, 0.2) is 5.13 Å².